The first-order valence-corrected chi connectivity index (χ1v) is 15.2. The summed E-state index contributed by atoms with van der Waals surface area (Å²) in [6, 6.07) is 18.3. The summed E-state index contributed by atoms with van der Waals surface area (Å²) in [6.07, 6.45) is -4.79. The van der Waals surface area contributed by atoms with Gasteiger partial charge in [-0.3, -0.25) is 9.59 Å². The zero-order valence-electron chi connectivity index (χ0n) is 26.7. The second-order valence-corrected chi connectivity index (χ2v) is 12.9. The molecule has 0 spiro atoms. The van der Waals surface area contributed by atoms with Gasteiger partial charge in [0.25, 0.3) is 0 Å². The molecule has 9 nitrogen and oxygen atoms in total. The fourth-order valence-electron chi connectivity index (χ4n) is 5.10. The van der Waals surface area contributed by atoms with Crippen LogP contribution in [0.1, 0.15) is 59.4 Å². The molecule has 1 heterocycles. The molecule has 0 fully saturated rings. The van der Waals surface area contributed by atoms with Gasteiger partial charge in [0, 0.05) is 29.8 Å². The molecule has 4 rings (SSSR count). The van der Waals surface area contributed by atoms with Gasteiger partial charge in [0.1, 0.15) is 11.9 Å². The van der Waals surface area contributed by atoms with E-state index in [0.29, 0.717) is 17.5 Å². The molecule has 3 aromatic carbocycles. The molecule has 0 radical (unpaired) electrons. The Kier molecular flexibility index (Phi) is 12.4. The Morgan fingerprint density at radius 2 is 1.54 bits per heavy atom. The van der Waals surface area contributed by atoms with E-state index in [-0.39, 0.29) is 24.9 Å². The van der Waals surface area contributed by atoms with Gasteiger partial charge in [-0.2, -0.15) is 25.8 Å². The first kappa shape index (κ1) is 38.0. The summed E-state index contributed by atoms with van der Waals surface area (Å²) in [6.45, 7) is 5.64. The largest absolute Gasteiger partial charge is 0.490 e. The summed E-state index contributed by atoms with van der Waals surface area (Å²) in [4.78, 5) is 52.2. The van der Waals surface area contributed by atoms with E-state index in [2.05, 4.69) is 12.6 Å². The van der Waals surface area contributed by atoms with Crippen molar-refractivity contribution in [3.63, 3.8) is 0 Å². The van der Waals surface area contributed by atoms with Crippen LogP contribution in [0.4, 0.5) is 17.6 Å². The highest BCUT2D eigenvalue weighted by Gasteiger charge is 2.42. The predicted molar refractivity (Wildman–Crippen MR) is 172 cm³/mol. The third kappa shape index (κ3) is 9.34. The Bertz CT molecular complexity index is 1630. The second kappa shape index (κ2) is 15.6. The number of thiol groups is 1. The number of carbonyl (C=O) groups excluding carboxylic acids is 3. The maximum absolute atomic E-state index is 15.0. The zero-order valence-corrected chi connectivity index (χ0v) is 27.6. The molecule has 3 aromatic rings. The molecule has 3 atom stereocenters. The number of benzene rings is 3. The average molecular weight is 692 g/mol. The van der Waals surface area contributed by atoms with Crippen LogP contribution in [0.3, 0.4) is 0 Å². The van der Waals surface area contributed by atoms with E-state index in [1.165, 1.54) is 18.1 Å². The molecule has 0 aliphatic carbocycles. The highest BCUT2D eigenvalue weighted by atomic mass is 32.1. The number of alkyl halides is 3. The van der Waals surface area contributed by atoms with Crippen LogP contribution < -0.4 is 5.73 Å². The van der Waals surface area contributed by atoms with Crippen molar-refractivity contribution in [1.82, 2.24) is 9.80 Å². The van der Waals surface area contributed by atoms with Gasteiger partial charge in [0.05, 0.1) is 24.8 Å². The van der Waals surface area contributed by atoms with Gasteiger partial charge < -0.3 is 25.4 Å². The lowest BCUT2D eigenvalue weighted by atomic mass is 9.90. The summed E-state index contributed by atoms with van der Waals surface area (Å²) < 4.78 is 50.7. The molecule has 0 saturated heterocycles. The van der Waals surface area contributed by atoms with Crippen molar-refractivity contribution in [3.05, 3.63) is 106 Å². The Morgan fingerprint density at radius 1 is 1.00 bits per heavy atom. The van der Waals surface area contributed by atoms with Crippen LogP contribution >= 0.6 is 12.6 Å². The number of aliphatic carboxylic acids is 1. The number of amides is 2. The molecular weight excluding hydrogens is 654 g/mol. The average Bonchev–Trinajstić information content (AvgIpc) is 3.04. The topological polar surface area (TPSA) is 130 Å². The van der Waals surface area contributed by atoms with Crippen molar-refractivity contribution >= 4 is 36.4 Å². The fourth-order valence-corrected chi connectivity index (χ4v) is 5.21. The van der Waals surface area contributed by atoms with E-state index < -0.39 is 46.8 Å². The van der Waals surface area contributed by atoms with Crippen LogP contribution in [-0.4, -0.2) is 68.8 Å². The lowest BCUT2D eigenvalue weighted by Gasteiger charge is -2.42. The third-order valence-corrected chi connectivity index (χ3v) is 8.20. The van der Waals surface area contributed by atoms with E-state index in [4.69, 9.17) is 20.4 Å². The van der Waals surface area contributed by atoms with Crippen molar-refractivity contribution in [2.75, 3.05) is 7.11 Å². The first-order chi connectivity index (χ1) is 22.4. The summed E-state index contributed by atoms with van der Waals surface area (Å²) >= 11 is 4.53. The van der Waals surface area contributed by atoms with E-state index in [1.807, 2.05) is 24.3 Å². The minimum atomic E-state index is -5.08. The monoisotopic (exact) mass is 691 g/mol. The maximum atomic E-state index is 15.0. The number of nitrogens with two attached hydrogens (primary N) is 1. The molecule has 14 heteroatoms. The maximum Gasteiger partial charge on any atom is 0.490 e. The first-order valence-electron chi connectivity index (χ1n) is 14.7. The summed E-state index contributed by atoms with van der Waals surface area (Å²) in [5.41, 5.74) is 9.72. The molecule has 1 aliphatic rings. The normalized spacial score (nSPS) is 15.6. The summed E-state index contributed by atoms with van der Waals surface area (Å²) in [5.74, 6) is -4.36. The number of hydrogen-bond donors (Lipinski definition) is 3. The van der Waals surface area contributed by atoms with Crippen LogP contribution in [0.2, 0.25) is 0 Å². The van der Waals surface area contributed by atoms with Crippen molar-refractivity contribution < 1.29 is 46.6 Å². The van der Waals surface area contributed by atoms with Crippen molar-refractivity contribution in [2.45, 2.75) is 69.3 Å². The third-order valence-electron chi connectivity index (χ3n) is 7.92. The Morgan fingerprint density at radius 3 is 2.06 bits per heavy atom. The summed E-state index contributed by atoms with van der Waals surface area (Å²) in [5, 5.41) is 7.12. The number of methoxy groups -OCH3 is 1. The molecule has 3 N–H and O–H groups in total. The SMILES string of the molecule is COC(=O)c1ccc(CN(C(=O)[C@@H]2Cc3ccccc3CN2C(=O)[C@@H](N)C(C)(C)S)[C@H](C)c2ccccc2F)cc1.O=C(O)C(F)(F)F. The molecule has 0 saturated carbocycles. The molecule has 0 aromatic heterocycles. The van der Waals surface area contributed by atoms with E-state index in [1.54, 1.807) is 68.1 Å². The lowest BCUT2D eigenvalue weighted by molar-refractivity contribution is -0.192. The highest BCUT2D eigenvalue weighted by molar-refractivity contribution is 7.81. The number of hydrogen-bond acceptors (Lipinski definition) is 7. The van der Waals surface area contributed by atoms with Gasteiger partial charge in [-0.05, 0) is 55.7 Å². The number of carboxylic acids is 1. The number of rotatable bonds is 8. The minimum Gasteiger partial charge on any atom is -0.475 e. The Labute approximate surface area is 281 Å². The van der Waals surface area contributed by atoms with Crippen LogP contribution in [0.5, 0.6) is 0 Å². The van der Waals surface area contributed by atoms with Gasteiger partial charge in [-0.25, -0.2) is 14.0 Å². The van der Waals surface area contributed by atoms with Gasteiger partial charge in [0.15, 0.2) is 0 Å². The number of fused-ring (bicyclic) bond motifs is 1. The van der Waals surface area contributed by atoms with E-state index in [0.717, 1.165) is 16.7 Å². The van der Waals surface area contributed by atoms with E-state index in [9.17, 15) is 31.9 Å². The number of carbonyl (C=O) groups is 4. The smallest absolute Gasteiger partial charge is 0.475 e. The highest BCUT2D eigenvalue weighted by Crippen LogP contribution is 2.31. The van der Waals surface area contributed by atoms with Gasteiger partial charge in [-0.1, -0.05) is 54.6 Å². The number of esters is 1. The van der Waals surface area contributed by atoms with Crippen molar-refractivity contribution in [3.8, 4) is 0 Å². The van der Waals surface area contributed by atoms with Gasteiger partial charge in [0.2, 0.25) is 11.8 Å². The van der Waals surface area contributed by atoms with Crippen LogP contribution in [-0.2, 0) is 38.6 Å². The van der Waals surface area contributed by atoms with E-state index >= 15 is 0 Å². The van der Waals surface area contributed by atoms with Crippen molar-refractivity contribution in [1.29, 1.82) is 0 Å². The Balaban J connectivity index is 0.000000804. The molecule has 0 unspecified atom stereocenters. The van der Waals surface area contributed by atoms with Crippen LogP contribution in [0.15, 0.2) is 72.8 Å². The van der Waals surface area contributed by atoms with Crippen LogP contribution in [0.25, 0.3) is 0 Å². The van der Waals surface area contributed by atoms with Crippen molar-refractivity contribution in [2.24, 2.45) is 5.73 Å². The standard InChI is InChI=1S/C32H36FN3O4S.C2HF3O2/c1-20(25-11-7-8-12-26(25)33)35(18-21-13-15-22(16-14-21)31(39)40-4)29(37)27-17-23-9-5-6-10-24(23)19-36(27)30(38)28(34)32(2,3)41;3-2(4,5)1(6)7/h5-16,20,27-28,41H,17-19,34H2,1-4H3;(H,6,7)/t20-,27+,28-;/m1./s1. The number of nitrogens with zero attached hydrogens (tertiary/aromatic N) is 2. The minimum absolute atomic E-state index is 0.125. The summed E-state index contributed by atoms with van der Waals surface area (Å²) in [7, 11) is 1.31. The fraction of sp³-hybridized carbons (Fsp3) is 0.353. The second-order valence-electron chi connectivity index (χ2n) is 11.7. The zero-order chi connectivity index (χ0) is 36.0. The molecule has 48 heavy (non-hydrogen) atoms. The van der Waals surface area contributed by atoms with Gasteiger partial charge >= 0.3 is 18.1 Å². The quantitative estimate of drug-likeness (QED) is 0.166. The molecule has 1 aliphatic heterocycles. The number of ether oxygens (including phenoxy) is 1. The number of halogens is 4. The number of carboxylic acid groups (broad SMARTS) is 1. The lowest BCUT2D eigenvalue weighted by Crippen LogP contribution is -2.60. The van der Waals surface area contributed by atoms with Crippen LogP contribution in [0, 0.1) is 5.82 Å². The van der Waals surface area contributed by atoms with Gasteiger partial charge in [-0.15, -0.1) is 0 Å². The Hall–Kier alpha value is -4.43. The molecule has 2 amide bonds. The molecule has 0 bridgehead atoms. The molecule has 258 valence electrons. The molecular formula is C34H37F4N3O6S. The predicted octanol–water partition coefficient (Wildman–Crippen LogP) is 5.32.